The summed E-state index contributed by atoms with van der Waals surface area (Å²) in [4.78, 5) is 40.6. The van der Waals surface area contributed by atoms with Crippen molar-refractivity contribution in [3.8, 4) is 5.75 Å². The average molecular weight is 489 g/mol. The molecule has 0 saturated carbocycles. The van der Waals surface area contributed by atoms with E-state index >= 15 is 0 Å². The van der Waals surface area contributed by atoms with Crippen LogP contribution in [0.5, 0.6) is 5.75 Å². The van der Waals surface area contributed by atoms with Crippen molar-refractivity contribution >= 4 is 23.5 Å². The molecule has 0 saturated heterocycles. The van der Waals surface area contributed by atoms with Crippen LogP contribution < -0.4 is 15.4 Å². The lowest BCUT2D eigenvalue weighted by Crippen LogP contribution is -2.51. The van der Waals surface area contributed by atoms with Gasteiger partial charge in [0.15, 0.2) is 5.82 Å². The van der Waals surface area contributed by atoms with Gasteiger partial charge in [-0.3, -0.25) is 14.4 Å². The van der Waals surface area contributed by atoms with E-state index in [-0.39, 0.29) is 49.5 Å². The van der Waals surface area contributed by atoms with E-state index in [0.29, 0.717) is 23.5 Å². The van der Waals surface area contributed by atoms with E-state index in [1.807, 2.05) is 20.8 Å². The fourth-order valence-corrected chi connectivity index (χ4v) is 3.33. The minimum Gasteiger partial charge on any atom is -0.497 e. The number of carbonyl (C=O) groups excluding carboxylic acids is 3. The number of hydrogen-bond donors (Lipinski definition) is 2. The SMILES string of the molecule is CCC(C)(C)NC(=O)[C@@H](c1ccc(OC)cc1)N(CCOC)C(=O)CCC(=O)Nc1cc(C)on1. The number of aryl methyl sites for hydroxylation is 1. The van der Waals surface area contributed by atoms with Crippen LogP contribution >= 0.6 is 0 Å². The molecule has 0 bridgehead atoms. The van der Waals surface area contributed by atoms with Crippen LogP contribution in [0.25, 0.3) is 0 Å². The van der Waals surface area contributed by atoms with E-state index in [9.17, 15) is 14.4 Å². The Hall–Kier alpha value is -3.40. The van der Waals surface area contributed by atoms with Crippen molar-refractivity contribution in [3.05, 3.63) is 41.7 Å². The number of rotatable bonds is 13. The Balaban J connectivity index is 2.27. The van der Waals surface area contributed by atoms with Crippen LogP contribution in [-0.2, 0) is 19.1 Å². The van der Waals surface area contributed by atoms with Crippen LogP contribution in [0.4, 0.5) is 5.82 Å². The molecule has 0 fully saturated rings. The second-order valence-electron chi connectivity index (χ2n) is 8.85. The number of amides is 3. The highest BCUT2D eigenvalue weighted by molar-refractivity contribution is 5.94. The van der Waals surface area contributed by atoms with Gasteiger partial charge in [0.05, 0.1) is 13.7 Å². The van der Waals surface area contributed by atoms with Gasteiger partial charge in [-0.2, -0.15) is 0 Å². The number of carbonyl (C=O) groups is 3. The van der Waals surface area contributed by atoms with Gasteiger partial charge in [-0.25, -0.2) is 0 Å². The number of nitrogens with one attached hydrogen (secondary N) is 2. The first kappa shape index (κ1) is 27.8. The Kier molecular flexibility index (Phi) is 10.3. The summed E-state index contributed by atoms with van der Waals surface area (Å²) >= 11 is 0. The summed E-state index contributed by atoms with van der Waals surface area (Å²) in [5.41, 5.74) is 0.162. The third kappa shape index (κ3) is 8.40. The number of hydrogen-bond acceptors (Lipinski definition) is 7. The maximum absolute atomic E-state index is 13.5. The molecule has 3 amide bonds. The lowest BCUT2D eigenvalue weighted by Gasteiger charge is -2.34. The summed E-state index contributed by atoms with van der Waals surface area (Å²) in [5.74, 6) is 0.443. The van der Waals surface area contributed by atoms with Gasteiger partial charge < -0.3 is 29.5 Å². The van der Waals surface area contributed by atoms with E-state index in [2.05, 4.69) is 15.8 Å². The topological polar surface area (TPSA) is 123 Å². The lowest BCUT2D eigenvalue weighted by molar-refractivity contribution is -0.142. The highest BCUT2D eigenvalue weighted by Gasteiger charge is 2.33. The van der Waals surface area contributed by atoms with Gasteiger partial charge in [0.1, 0.15) is 17.6 Å². The van der Waals surface area contributed by atoms with Gasteiger partial charge in [-0.05, 0) is 44.9 Å². The van der Waals surface area contributed by atoms with Gasteiger partial charge in [0.2, 0.25) is 17.7 Å². The summed E-state index contributed by atoms with van der Waals surface area (Å²) in [6, 6.07) is 7.68. The highest BCUT2D eigenvalue weighted by atomic mass is 16.5. The number of benzene rings is 1. The molecule has 10 heteroatoms. The third-order valence-corrected chi connectivity index (χ3v) is 5.66. The molecule has 2 N–H and O–H groups in total. The molecule has 0 aliphatic heterocycles. The first-order valence-corrected chi connectivity index (χ1v) is 11.6. The number of ether oxygens (including phenoxy) is 2. The lowest BCUT2D eigenvalue weighted by atomic mass is 9.98. The van der Waals surface area contributed by atoms with Crippen molar-refractivity contribution < 1.29 is 28.4 Å². The molecule has 1 aromatic heterocycles. The van der Waals surface area contributed by atoms with Crippen LogP contribution in [0.15, 0.2) is 34.9 Å². The Labute approximate surface area is 206 Å². The molecule has 0 spiro atoms. The molecule has 1 aromatic carbocycles. The summed E-state index contributed by atoms with van der Waals surface area (Å²) in [5, 5.41) is 9.37. The first-order valence-electron chi connectivity index (χ1n) is 11.6. The Morgan fingerprint density at radius 1 is 1.14 bits per heavy atom. The zero-order valence-electron chi connectivity index (χ0n) is 21.3. The fraction of sp³-hybridized carbons (Fsp3) is 0.520. The number of anilines is 1. The van der Waals surface area contributed by atoms with Crippen molar-refractivity contribution in [2.24, 2.45) is 0 Å². The van der Waals surface area contributed by atoms with E-state index < -0.39 is 11.6 Å². The molecule has 1 heterocycles. The van der Waals surface area contributed by atoms with Crippen LogP contribution in [0.3, 0.4) is 0 Å². The van der Waals surface area contributed by atoms with Crippen LogP contribution in [0.1, 0.15) is 57.4 Å². The standard InChI is InChI=1S/C25H36N4O6/c1-7-25(3,4)27-24(32)23(18-8-10-19(34-6)11-9-18)29(14-15-33-5)22(31)13-12-21(30)26-20-16-17(2)35-28-20/h8-11,16,23H,7,12-15H2,1-6H3,(H,27,32)(H,26,28,30)/t23-/m1/s1. The monoisotopic (exact) mass is 488 g/mol. The molecule has 192 valence electrons. The van der Waals surface area contributed by atoms with Crippen LogP contribution in [0, 0.1) is 6.92 Å². The predicted octanol–water partition coefficient (Wildman–Crippen LogP) is 3.23. The first-order chi connectivity index (χ1) is 16.6. The summed E-state index contributed by atoms with van der Waals surface area (Å²) in [6.07, 6.45) is 0.539. The fourth-order valence-electron chi connectivity index (χ4n) is 3.33. The minimum absolute atomic E-state index is 0.0778. The van der Waals surface area contributed by atoms with Crippen molar-refractivity contribution in [2.75, 3.05) is 32.7 Å². The van der Waals surface area contributed by atoms with Crippen LogP contribution in [-0.4, -0.2) is 60.7 Å². The molecule has 2 aromatic rings. The molecule has 2 rings (SSSR count). The third-order valence-electron chi connectivity index (χ3n) is 5.66. The Bertz CT molecular complexity index is 986. The van der Waals surface area contributed by atoms with Gasteiger partial charge in [-0.1, -0.05) is 24.2 Å². The summed E-state index contributed by atoms with van der Waals surface area (Å²) in [6.45, 7) is 7.94. The molecule has 0 radical (unpaired) electrons. The number of methoxy groups -OCH3 is 2. The van der Waals surface area contributed by atoms with E-state index in [1.54, 1.807) is 44.4 Å². The molecular formula is C25H36N4O6. The van der Waals surface area contributed by atoms with Gasteiger partial charge in [0.25, 0.3) is 0 Å². The molecule has 0 unspecified atom stereocenters. The maximum Gasteiger partial charge on any atom is 0.247 e. The van der Waals surface area contributed by atoms with E-state index in [0.717, 1.165) is 0 Å². The second-order valence-corrected chi connectivity index (χ2v) is 8.85. The Morgan fingerprint density at radius 2 is 1.83 bits per heavy atom. The van der Waals surface area contributed by atoms with Gasteiger partial charge in [-0.15, -0.1) is 0 Å². The second kappa shape index (κ2) is 12.9. The van der Waals surface area contributed by atoms with Crippen molar-refractivity contribution in [1.82, 2.24) is 15.4 Å². The van der Waals surface area contributed by atoms with Crippen LogP contribution in [0.2, 0.25) is 0 Å². The zero-order chi connectivity index (χ0) is 26.0. The molecular weight excluding hydrogens is 452 g/mol. The maximum atomic E-state index is 13.5. The molecule has 0 aliphatic carbocycles. The summed E-state index contributed by atoms with van der Waals surface area (Å²) < 4.78 is 15.4. The normalized spacial score (nSPS) is 12.1. The minimum atomic E-state index is -0.907. The van der Waals surface area contributed by atoms with Gasteiger partial charge >= 0.3 is 0 Å². The smallest absolute Gasteiger partial charge is 0.247 e. The van der Waals surface area contributed by atoms with Crippen molar-refractivity contribution in [2.45, 2.75) is 58.5 Å². The summed E-state index contributed by atoms with van der Waals surface area (Å²) in [7, 11) is 3.08. The Morgan fingerprint density at radius 3 is 2.37 bits per heavy atom. The van der Waals surface area contributed by atoms with E-state index in [1.165, 1.54) is 12.0 Å². The average Bonchev–Trinajstić information content (AvgIpc) is 3.24. The molecule has 1 atom stereocenters. The van der Waals surface area contributed by atoms with Crippen molar-refractivity contribution in [3.63, 3.8) is 0 Å². The number of aromatic nitrogens is 1. The van der Waals surface area contributed by atoms with Gasteiger partial charge in [0, 0.05) is 38.1 Å². The predicted molar refractivity (Wildman–Crippen MR) is 131 cm³/mol. The molecule has 10 nitrogen and oxygen atoms in total. The molecule has 0 aliphatic rings. The van der Waals surface area contributed by atoms with Crippen molar-refractivity contribution in [1.29, 1.82) is 0 Å². The molecule has 35 heavy (non-hydrogen) atoms. The highest BCUT2D eigenvalue weighted by Crippen LogP contribution is 2.26. The van der Waals surface area contributed by atoms with E-state index in [4.69, 9.17) is 14.0 Å². The zero-order valence-corrected chi connectivity index (χ0v) is 21.3. The quantitative estimate of drug-likeness (QED) is 0.444. The number of nitrogens with zero attached hydrogens (tertiary/aromatic N) is 2. The largest absolute Gasteiger partial charge is 0.497 e.